The Balaban J connectivity index is 1.72. The van der Waals surface area contributed by atoms with Crippen LogP contribution in [-0.4, -0.2) is 59.3 Å². The molecule has 2 heterocycles. The Hall–Kier alpha value is -2.44. The van der Waals surface area contributed by atoms with Gasteiger partial charge in [0.15, 0.2) is 0 Å². The molecule has 1 aromatic heterocycles. The Morgan fingerprint density at radius 2 is 1.89 bits per heavy atom. The molecule has 6 nitrogen and oxygen atoms in total. The number of aromatic nitrogens is 1. The van der Waals surface area contributed by atoms with E-state index in [1.54, 1.807) is 29.2 Å². The number of likely N-dealkylation sites (N-methyl/N-ethyl adjacent to an activating group) is 1. The molecule has 2 aromatic rings. The van der Waals surface area contributed by atoms with Gasteiger partial charge in [-0.15, -0.1) is 0 Å². The maximum absolute atomic E-state index is 12.7. The zero-order valence-electron chi connectivity index (χ0n) is 15.5. The van der Waals surface area contributed by atoms with Crippen molar-refractivity contribution < 1.29 is 9.59 Å². The normalized spacial score (nSPS) is 14.9. The number of rotatable bonds is 4. The van der Waals surface area contributed by atoms with Crippen LogP contribution < -0.4 is 5.32 Å². The van der Waals surface area contributed by atoms with Crippen LogP contribution in [0, 0.1) is 6.92 Å². The largest absolute Gasteiger partial charge is 0.335 e. The van der Waals surface area contributed by atoms with Crippen LogP contribution in [0.15, 0.2) is 36.5 Å². The lowest BCUT2D eigenvalue weighted by Crippen LogP contribution is -2.48. The van der Waals surface area contributed by atoms with Crippen LogP contribution in [0.5, 0.6) is 0 Å². The van der Waals surface area contributed by atoms with Crippen molar-refractivity contribution >= 4 is 29.1 Å². The SMILES string of the molecule is CCN1CCN(C(=O)c2cc(C(=O)Nc3cc(Cl)ccc3C)ccn2)CC1. The van der Waals surface area contributed by atoms with Gasteiger partial charge in [0.25, 0.3) is 11.8 Å². The van der Waals surface area contributed by atoms with E-state index in [1.807, 2.05) is 13.0 Å². The molecule has 1 fully saturated rings. The number of nitrogens with zero attached hydrogens (tertiary/aromatic N) is 3. The first kappa shape index (κ1) is 19.3. The number of aryl methyl sites for hydroxylation is 1. The predicted molar refractivity (Wildman–Crippen MR) is 106 cm³/mol. The average molecular weight is 387 g/mol. The lowest BCUT2D eigenvalue weighted by Gasteiger charge is -2.33. The van der Waals surface area contributed by atoms with E-state index in [1.165, 1.54) is 6.20 Å². The maximum atomic E-state index is 12.7. The smallest absolute Gasteiger partial charge is 0.272 e. The molecule has 3 rings (SSSR count). The monoisotopic (exact) mass is 386 g/mol. The number of carbonyl (C=O) groups is 2. The maximum Gasteiger partial charge on any atom is 0.272 e. The fourth-order valence-corrected chi connectivity index (χ4v) is 3.21. The summed E-state index contributed by atoms with van der Waals surface area (Å²) in [6, 6.07) is 8.46. The van der Waals surface area contributed by atoms with E-state index in [-0.39, 0.29) is 17.5 Å². The second-order valence-electron chi connectivity index (χ2n) is 6.57. The van der Waals surface area contributed by atoms with Crippen LogP contribution >= 0.6 is 11.6 Å². The first-order chi connectivity index (χ1) is 13.0. The molecule has 142 valence electrons. The highest BCUT2D eigenvalue weighted by Crippen LogP contribution is 2.21. The van der Waals surface area contributed by atoms with Gasteiger partial charge in [-0.3, -0.25) is 14.6 Å². The van der Waals surface area contributed by atoms with Crippen molar-refractivity contribution in [3.63, 3.8) is 0 Å². The van der Waals surface area contributed by atoms with Crippen molar-refractivity contribution in [2.24, 2.45) is 0 Å². The standard InChI is InChI=1S/C20H23ClN4O2/c1-3-24-8-10-25(11-9-24)20(27)18-12-15(6-7-22-18)19(26)23-17-13-16(21)5-4-14(17)2/h4-7,12-13H,3,8-11H2,1-2H3,(H,23,26). The summed E-state index contributed by atoms with van der Waals surface area (Å²) in [4.78, 5) is 33.6. The van der Waals surface area contributed by atoms with Gasteiger partial charge in [0, 0.05) is 48.6 Å². The highest BCUT2D eigenvalue weighted by atomic mass is 35.5. The van der Waals surface area contributed by atoms with Crippen LogP contribution in [-0.2, 0) is 0 Å². The molecular formula is C20H23ClN4O2. The molecule has 0 unspecified atom stereocenters. The van der Waals surface area contributed by atoms with Crippen LogP contribution in [0.1, 0.15) is 33.3 Å². The molecule has 0 bridgehead atoms. The summed E-state index contributed by atoms with van der Waals surface area (Å²) in [7, 11) is 0. The van der Waals surface area contributed by atoms with Crippen molar-refractivity contribution in [1.29, 1.82) is 0 Å². The molecule has 1 saturated heterocycles. The van der Waals surface area contributed by atoms with E-state index < -0.39 is 0 Å². The highest BCUT2D eigenvalue weighted by Gasteiger charge is 2.23. The molecule has 1 aliphatic heterocycles. The minimum Gasteiger partial charge on any atom is -0.335 e. The third kappa shape index (κ3) is 4.64. The van der Waals surface area contributed by atoms with E-state index in [0.717, 1.165) is 25.2 Å². The number of hydrogen-bond acceptors (Lipinski definition) is 4. The Labute approximate surface area is 164 Å². The summed E-state index contributed by atoms with van der Waals surface area (Å²) < 4.78 is 0. The Morgan fingerprint density at radius 3 is 2.59 bits per heavy atom. The van der Waals surface area contributed by atoms with Crippen molar-refractivity contribution in [2.45, 2.75) is 13.8 Å². The number of halogens is 1. The number of nitrogens with one attached hydrogen (secondary N) is 1. The van der Waals surface area contributed by atoms with E-state index in [2.05, 4.69) is 22.1 Å². The van der Waals surface area contributed by atoms with Gasteiger partial charge in [-0.25, -0.2) is 0 Å². The van der Waals surface area contributed by atoms with Crippen molar-refractivity contribution in [3.05, 3.63) is 58.4 Å². The summed E-state index contributed by atoms with van der Waals surface area (Å²) in [5.74, 6) is -0.438. The summed E-state index contributed by atoms with van der Waals surface area (Å²) in [5, 5.41) is 3.39. The van der Waals surface area contributed by atoms with Crippen LogP contribution in [0.4, 0.5) is 5.69 Å². The van der Waals surface area contributed by atoms with Gasteiger partial charge < -0.3 is 15.1 Å². The summed E-state index contributed by atoms with van der Waals surface area (Å²) in [6.07, 6.45) is 1.50. The first-order valence-electron chi connectivity index (χ1n) is 9.03. The average Bonchev–Trinajstić information content (AvgIpc) is 2.70. The Bertz CT molecular complexity index is 848. The first-order valence-corrected chi connectivity index (χ1v) is 9.41. The number of benzene rings is 1. The summed E-state index contributed by atoms with van der Waals surface area (Å²) in [6.45, 7) is 8.05. The van der Waals surface area contributed by atoms with Crippen LogP contribution in [0.2, 0.25) is 5.02 Å². The molecule has 0 saturated carbocycles. The van der Waals surface area contributed by atoms with Crippen molar-refractivity contribution in [1.82, 2.24) is 14.8 Å². The van der Waals surface area contributed by atoms with E-state index in [0.29, 0.717) is 29.4 Å². The summed E-state index contributed by atoms with van der Waals surface area (Å²) in [5.41, 5.74) is 2.23. The molecule has 1 aliphatic rings. The second-order valence-corrected chi connectivity index (χ2v) is 7.01. The third-order valence-corrected chi connectivity index (χ3v) is 5.03. The molecule has 27 heavy (non-hydrogen) atoms. The zero-order chi connectivity index (χ0) is 19.4. The molecule has 0 spiro atoms. The van der Waals surface area contributed by atoms with Gasteiger partial charge in [0.05, 0.1) is 0 Å². The van der Waals surface area contributed by atoms with E-state index in [9.17, 15) is 9.59 Å². The number of hydrogen-bond donors (Lipinski definition) is 1. The quantitative estimate of drug-likeness (QED) is 0.877. The molecule has 0 radical (unpaired) electrons. The van der Waals surface area contributed by atoms with Gasteiger partial charge in [0.2, 0.25) is 0 Å². The zero-order valence-corrected chi connectivity index (χ0v) is 16.3. The third-order valence-electron chi connectivity index (χ3n) is 4.80. The molecule has 7 heteroatoms. The van der Waals surface area contributed by atoms with Crippen molar-refractivity contribution in [2.75, 3.05) is 38.0 Å². The molecular weight excluding hydrogens is 364 g/mol. The number of anilines is 1. The highest BCUT2D eigenvalue weighted by molar-refractivity contribution is 6.31. The van der Waals surface area contributed by atoms with E-state index >= 15 is 0 Å². The summed E-state index contributed by atoms with van der Waals surface area (Å²) >= 11 is 6.00. The molecule has 1 aromatic carbocycles. The van der Waals surface area contributed by atoms with E-state index in [4.69, 9.17) is 11.6 Å². The lowest BCUT2D eigenvalue weighted by molar-refractivity contribution is 0.0637. The fraction of sp³-hybridized carbons (Fsp3) is 0.350. The topological polar surface area (TPSA) is 65.5 Å². The lowest BCUT2D eigenvalue weighted by atomic mass is 10.1. The van der Waals surface area contributed by atoms with Gasteiger partial charge in [-0.2, -0.15) is 0 Å². The van der Waals surface area contributed by atoms with Gasteiger partial charge in [-0.05, 0) is 43.3 Å². The minimum atomic E-state index is -0.299. The molecule has 0 aliphatic carbocycles. The van der Waals surface area contributed by atoms with Gasteiger partial charge in [-0.1, -0.05) is 24.6 Å². The molecule has 0 atom stereocenters. The van der Waals surface area contributed by atoms with Gasteiger partial charge in [0.1, 0.15) is 5.69 Å². The Morgan fingerprint density at radius 1 is 1.15 bits per heavy atom. The predicted octanol–water partition coefficient (Wildman–Crippen LogP) is 3.07. The fourth-order valence-electron chi connectivity index (χ4n) is 3.04. The number of piperazine rings is 1. The molecule has 1 N–H and O–H groups in total. The van der Waals surface area contributed by atoms with Crippen LogP contribution in [0.25, 0.3) is 0 Å². The second kappa shape index (κ2) is 8.50. The number of amides is 2. The van der Waals surface area contributed by atoms with Crippen LogP contribution in [0.3, 0.4) is 0 Å². The minimum absolute atomic E-state index is 0.140. The number of carbonyl (C=O) groups excluding carboxylic acids is 2. The molecule has 2 amide bonds. The Kier molecular flexibility index (Phi) is 6.08. The number of pyridine rings is 1. The van der Waals surface area contributed by atoms with Crippen molar-refractivity contribution in [3.8, 4) is 0 Å². The van der Waals surface area contributed by atoms with Gasteiger partial charge >= 0.3 is 0 Å².